The lowest BCUT2D eigenvalue weighted by molar-refractivity contribution is -0.141. The molecule has 2 N–H and O–H groups in total. The highest BCUT2D eigenvalue weighted by molar-refractivity contribution is 5.94. The van der Waals surface area contributed by atoms with Crippen LogP contribution in [0.5, 0.6) is 0 Å². The summed E-state index contributed by atoms with van der Waals surface area (Å²) in [5.74, 6) is -2.31. The standard InChI is InChI=1S/C22H22O7/c1-2-9-17(24)19(28-21(26)15-10-5-3-6-11-15)20(18(25)14-23)29-22(27)16-12-7-4-8-13-16/h2-8,10-13,18-20,23,25H,1,9,14H2/t18-,19-,20-/m1/s1. The Bertz CT molecular complexity index is 833. The molecule has 2 aromatic rings. The molecule has 0 aliphatic rings. The molecule has 0 bridgehead atoms. The average molecular weight is 398 g/mol. The van der Waals surface area contributed by atoms with E-state index in [0.29, 0.717) is 0 Å². The van der Waals surface area contributed by atoms with Crippen LogP contribution in [0.4, 0.5) is 0 Å². The van der Waals surface area contributed by atoms with Crippen LogP contribution in [0.3, 0.4) is 0 Å². The molecule has 0 spiro atoms. The second-order valence-corrected chi connectivity index (χ2v) is 6.14. The fourth-order valence-electron chi connectivity index (χ4n) is 2.54. The van der Waals surface area contributed by atoms with E-state index in [4.69, 9.17) is 9.47 Å². The van der Waals surface area contributed by atoms with Crippen molar-refractivity contribution in [1.29, 1.82) is 0 Å². The quantitative estimate of drug-likeness (QED) is 0.465. The van der Waals surface area contributed by atoms with E-state index >= 15 is 0 Å². The van der Waals surface area contributed by atoms with E-state index < -0.39 is 42.6 Å². The predicted molar refractivity (Wildman–Crippen MR) is 104 cm³/mol. The van der Waals surface area contributed by atoms with Crippen molar-refractivity contribution in [3.63, 3.8) is 0 Å². The van der Waals surface area contributed by atoms with Crippen LogP contribution in [0, 0.1) is 0 Å². The van der Waals surface area contributed by atoms with Crippen LogP contribution in [0.25, 0.3) is 0 Å². The number of benzene rings is 2. The maximum absolute atomic E-state index is 12.6. The molecule has 0 saturated carbocycles. The number of aliphatic hydroxyl groups excluding tert-OH is 2. The van der Waals surface area contributed by atoms with Crippen molar-refractivity contribution in [3.8, 4) is 0 Å². The smallest absolute Gasteiger partial charge is 0.338 e. The summed E-state index contributed by atoms with van der Waals surface area (Å²) in [6, 6.07) is 15.8. The Balaban J connectivity index is 2.31. The zero-order chi connectivity index (χ0) is 21.2. The topological polar surface area (TPSA) is 110 Å². The molecule has 0 saturated heterocycles. The van der Waals surface area contributed by atoms with Gasteiger partial charge in [-0.15, -0.1) is 6.58 Å². The SMILES string of the molecule is C=CCC(=O)[C@@H](OC(=O)c1ccccc1)[C@H](OC(=O)c1ccccc1)[C@H](O)CO. The first-order valence-corrected chi connectivity index (χ1v) is 8.92. The maximum Gasteiger partial charge on any atom is 0.338 e. The molecule has 2 aromatic carbocycles. The number of ketones is 1. The molecule has 0 aliphatic heterocycles. The maximum atomic E-state index is 12.6. The Morgan fingerprint density at radius 1 is 0.897 bits per heavy atom. The Hall–Kier alpha value is -3.29. The first-order valence-electron chi connectivity index (χ1n) is 8.92. The molecule has 0 fully saturated rings. The van der Waals surface area contributed by atoms with E-state index in [-0.39, 0.29) is 17.5 Å². The highest BCUT2D eigenvalue weighted by atomic mass is 16.6. The summed E-state index contributed by atoms with van der Waals surface area (Å²) in [7, 11) is 0. The Morgan fingerprint density at radius 3 is 1.83 bits per heavy atom. The summed E-state index contributed by atoms with van der Waals surface area (Å²) in [5.41, 5.74) is 0.350. The second-order valence-electron chi connectivity index (χ2n) is 6.14. The molecule has 0 aromatic heterocycles. The molecule has 0 amide bonds. The minimum Gasteiger partial charge on any atom is -0.451 e. The fourth-order valence-corrected chi connectivity index (χ4v) is 2.54. The summed E-state index contributed by atoms with van der Waals surface area (Å²) in [6.07, 6.45) is -3.77. The first-order chi connectivity index (χ1) is 14.0. The van der Waals surface area contributed by atoms with E-state index in [2.05, 4.69) is 6.58 Å². The molecule has 29 heavy (non-hydrogen) atoms. The van der Waals surface area contributed by atoms with Crippen molar-refractivity contribution in [2.75, 3.05) is 6.61 Å². The van der Waals surface area contributed by atoms with Crippen molar-refractivity contribution in [3.05, 3.63) is 84.4 Å². The van der Waals surface area contributed by atoms with Gasteiger partial charge >= 0.3 is 11.9 Å². The number of carbonyl (C=O) groups excluding carboxylic acids is 3. The van der Waals surface area contributed by atoms with Crippen molar-refractivity contribution in [2.24, 2.45) is 0 Å². The lowest BCUT2D eigenvalue weighted by Crippen LogP contribution is -2.49. The van der Waals surface area contributed by atoms with Crippen LogP contribution in [-0.4, -0.2) is 52.9 Å². The molecule has 0 unspecified atom stereocenters. The lowest BCUT2D eigenvalue weighted by Gasteiger charge is -2.28. The summed E-state index contributed by atoms with van der Waals surface area (Å²) in [5, 5.41) is 19.6. The van der Waals surface area contributed by atoms with Gasteiger partial charge in [-0.05, 0) is 24.3 Å². The molecule has 152 valence electrons. The molecule has 3 atom stereocenters. The van der Waals surface area contributed by atoms with Crippen LogP contribution in [-0.2, 0) is 14.3 Å². The average Bonchev–Trinajstić information content (AvgIpc) is 2.76. The van der Waals surface area contributed by atoms with Gasteiger partial charge in [0.05, 0.1) is 17.7 Å². The van der Waals surface area contributed by atoms with Gasteiger partial charge in [0, 0.05) is 6.42 Å². The van der Waals surface area contributed by atoms with Gasteiger partial charge in [0.2, 0.25) is 0 Å². The molecular weight excluding hydrogens is 376 g/mol. The molecule has 0 radical (unpaired) electrons. The molecule has 0 heterocycles. The fraction of sp³-hybridized carbons (Fsp3) is 0.227. The van der Waals surface area contributed by atoms with E-state index in [9.17, 15) is 24.6 Å². The van der Waals surface area contributed by atoms with Gasteiger partial charge in [-0.25, -0.2) is 9.59 Å². The van der Waals surface area contributed by atoms with Gasteiger partial charge in [-0.1, -0.05) is 42.5 Å². The van der Waals surface area contributed by atoms with E-state index in [0.717, 1.165) is 0 Å². The summed E-state index contributed by atoms with van der Waals surface area (Å²) in [6.45, 7) is 2.66. The Kier molecular flexibility index (Phi) is 8.27. The number of Topliss-reactive ketones (excluding diaryl/α,β-unsaturated/α-hetero) is 1. The van der Waals surface area contributed by atoms with E-state index in [1.165, 1.54) is 30.3 Å². The largest absolute Gasteiger partial charge is 0.451 e. The van der Waals surface area contributed by atoms with E-state index in [1.807, 2.05) is 0 Å². The number of aliphatic hydroxyl groups is 2. The molecular formula is C22H22O7. The molecule has 7 heteroatoms. The minimum atomic E-state index is -1.65. The van der Waals surface area contributed by atoms with Gasteiger partial charge in [-0.2, -0.15) is 0 Å². The van der Waals surface area contributed by atoms with Crippen molar-refractivity contribution in [2.45, 2.75) is 24.7 Å². The first kappa shape index (κ1) is 22.0. The third-order valence-corrected chi connectivity index (χ3v) is 4.02. The number of hydrogen-bond acceptors (Lipinski definition) is 7. The molecule has 2 rings (SSSR count). The van der Waals surface area contributed by atoms with Gasteiger partial charge in [0.1, 0.15) is 6.10 Å². The van der Waals surface area contributed by atoms with Gasteiger partial charge in [0.25, 0.3) is 0 Å². The molecule has 0 aliphatic carbocycles. The highest BCUT2D eigenvalue weighted by Gasteiger charge is 2.39. The zero-order valence-electron chi connectivity index (χ0n) is 15.6. The number of carbonyl (C=O) groups is 3. The van der Waals surface area contributed by atoms with Gasteiger partial charge in [0.15, 0.2) is 18.0 Å². The van der Waals surface area contributed by atoms with Crippen molar-refractivity contribution < 1.29 is 34.1 Å². The number of hydrogen-bond donors (Lipinski definition) is 2. The predicted octanol–water partition coefficient (Wildman–Crippen LogP) is 1.94. The zero-order valence-corrected chi connectivity index (χ0v) is 15.6. The van der Waals surface area contributed by atoms with Crippen LogP contribution < -0.4 is 0 Å². The van der Waals surface area contributed by atoms with Crippen LogP contribution in [0.2, 0.25) is 0 Å². The Labute approximate surface area is 168 Å². The van der Waals surface area contributed by atoms with Crippen LogP contribution in [0.1, 0.15) is 27.1 Å². The third kappa shape index (κ3) is 6.10. The minimum absolute atomic E-state index is 0.173. The Morgan fingerprint density at radius 2 is 1.38 bits per heavy atom. The number of esters is 2. The summed E-state index contributed by atoms with van der Waals surface area (Å²) >= 11 is 0. The van der Waals surface area contributed by atoms with Crippen molar-refractivity contribution in [1.82, 2.24) is 0 Å². The van der Waals surface area contributed by atoms with Gasteiger partial charge in [-0.3, -0.25) is 4.79 Å². The highest BCUT2D eigenvalue weighted by Crippen LogP contribution is 2.17. The van der Waals surface area contributed by atoms with Crippen LogP contribution >= 0.6 is 0 Å². The number of rotatable bonds is 10. The monoisotopic (exact) mass is 398 g/mol. The van der Waals surface area contributed by atoms with Gasteiger partial charge < -0.3 is 19.7 Å². The number of ether oxygens (including phenoxy) is 2. The van der Waals surface area contributed by atoms with Crippen molar-refractivity contribution >= 4 is 17.7 Å². The third-order valence-electron chi connectivity index (χ3n) is 4.02. The lowest BCUT2D eigenvalue weighted by atomic mass is 10.0. The summed E-state index contributed by atoms with van der Waals surface area (Å²) in [4.78, 5) is 37.4. The molecule has 7 nitrogen and oxygen atoms in total. The summed E-state index contributed by atoms with van der Waals surface area (Å²) < 4.78 is 10.6. The normalized spacial score (nSPS) is 13.6. The van der Waals surface area contributed by atoms with E-state index in [1.54, 1.807) is 36.4 Å². The number of allylic oxidation sites excluding steroid dienone is 1. The second kappa shape index (κ2) is 10.9. The van der Waals surface area contributed by atoms with Crippen LogP contribution in [0.15, 0.2) is 73.3 Å².